The van der Waals surface area contributed by atoms with Crippen LogP contribution in [-0.2, 0) is 6.42 Å². The zero-order valence-corrected chi connectivity index (χ0v) is 9.81. The highest BCUT2D eigenvalue weighted by Gasteiger charge is 2.20. The van der Waals surface area contributed by atoms with Gasteiger partial charge < -0.3 is 9.84 Å². The molecular weight excluding hydrogens is 214 g/mol. The van der Waals surface area contributed by atoms with Gasteiger partial charge in [0.2, 0.25) is 0 Å². The summed E-state index contributed by atoms with van der Waals surface area (Å²) in [5.74, 6) is 2.11. The van der Waals surface area contributed by atoms with Crippen molar-refractivity contribution in [2.75, 3.05) is 13.1 Å². The van der Waals surface area contributed by atoms with Crippen LogP contribution in [-0.4, -0.2) is 23.2 Å². The lowest BCUT2D eigenvalue weighted by molar-refractivity contribution is 0.333. The highest BCUT2D eigenvalue weighted by Crippen LogP contribution is 2.21. The van der Waals surface area contributed by atoms with Gasteiger partial charge in [-0.3, -0.25) is 0 Å². The van der Waals surface area contributed by atoms with Gasteiger partial charge in [-0.1, -0.05) is 23.4 Å². The normalized spacial score (nSPS) is 15.8. The minimum atomic E-state index is 0.630. The van der Waals surface area contributed by atoms with E-state index in [1.807, 2.05) is 18.2 Å². The fraction of sp³-hybridized carbons (Fsp3) is 0.385. The summed E-state index contributed by atoms with van der Waals surface area (Å²) in [5, 5.41) is 7.28. The molecule has 1 N–H and O–H groups in total. The number of nitrogens with one attached hydrogen (secondary N) is 1. The summed E-state index contributed by atoms with van der Waals surface area (Å²) in [6.45, 7) is 4.18. The Bertz CT molecular complexity index is 517. The van der Waals surface area contributed by atoms with Crippen LogP contribution in [0.25, 0.3) is 11.5 Å². The summed E-state index contributed by atoms with van der Waals surface area (Å²) in [4.78, 5) is 4.46. The van der Waals surface area contributed by atoms with Gasteiger partial charge in [0.1, 0.15) is 0 Å². The van der Waals surface area contributed by atoms with Crippen LogP contribution in [0.4, 0.5) is 0 Å². The van der Waals surface area contributed by atoms with E-state index in [9.17, 15) is 0 Å². The second-order valence-electron chi connectivity index (χ2n) is 4.56. The van der Waals surface area contributed by atoms with Crippen molar-refractivity contribution < 1.29 is 4.52 Å². The third-order valence-electron chi connectivity index (χ3n) is 3.18. The third-order valence-corrected chi connectivity index (χ3v) is 3.18. The molecule has 1 aromatic heterocycles. The molecule has 3 rings (SSSR count). The van der Waals surface area contributed by atoms with Crippen LogP contribution in [0.5, 0.6) is 0 Å². The number of nitrogens with zero attached hydrogens (tertiary/aromatic N) is 2. The van der Waals surface area contributed by atoms with Gasteiger partial charge in [-0.2, -0.15) is 4.98 Å². The van der Waals surface area contributed by atoms with E-state index in [2.05, 4.69) is 28.4 Å². The smallest absolute Gasteiger partial charge is 0.258 e. The summed E-state index contributed by atoms with van der Waals surface area (Å²) >= 11 is 0. The maximum Gasteiger partial charge on any atom is 0.258 e. The zero-order chi connectivity index (χ0) is 11.7. The molecule has 88 valence electrons. The minimum absolute atomic E-state index is 0.630. The van der Waals surface area contributed by atoms with Crippen molar-refractivity contribution in [2.45, 2.75) is 13.3 Å². The van der Waals surface area contributed by atoms with Crippen molar-refractivity contribution in [2.24, 2.45) is 5.92 Å². The predicted molar refractivity (Wildman–Crippen MR) is 64.5 cm³/mol. The van der Waals surface area contributed by atoms with Crippen molar-refractivity contribution in [1.82, 2.24) is 15.5 Å². The van der Waals surface area contributed by atoms with Crippen molar-refractivity contribution in [3.63, 3.8) is 0 Å². The molecular formula is C13H15N3O. The van der Waals surface area contributed by atoms with E-state index in [4.69, 9.17) is 4.52 Å². The van der Waals surface area contributed by atoms with E-state index in [1.54, 1.807) is 0 Å². The summed E-state index contributed by atoms with van der Waals surface area (Å²) in [7, 11) is 0. The Hall–Kier alpha value is -1.68. The maximum absolute atomic E-state index is 5.32. The topological polar surface area (TPSA) is 51.0 Å². The summed E-state index contributed by atoms with van der Waals surface area (Å²) in [5.41, 5.74) is 2.19. The molecule has 4 nitrogen and oxygen atoms in total. The molecule has 1 aliphatic rings. The molecule has 1 aliphatic heterocycles. The van der Waals surface area contributed by atoms with Crippen LogP contribution in [0.1, 0.15) is 11.4 Å². The molecule has 0 bridgehead atoms. The molecule has 1 fully saturated rings. The Morgan fingerprint density at radius 1 is 1.35 bits per heavy atom. The third kappa shape index (κ3) is 2.08. The minimum Gasteiger partial charge on any atom is -0.334 e. The van der Waals surface area contributed by atoms with Crippen LogP contribution in [0.2, 0.25) is 0 Å². The van der Waals surface area contributed by atoms with Gasteiger partial charge in [-0.25, -0.2) is 0 Å². The lowest BCUT2D eigenvalue weighted by Crippen LogP contribution is -2.43. The Kier molecular flexibility index (Phi) is 2.65. The van der Waals surface area contributed by atoms with Crippen LogP contribution >= 0.6 is 0 Å². The first-order chi connectivity index (χ1) is 8.33. The van der Waals surface area contributed by atoms with Gasteiger partial charge in [0.05, 0.1) is 0 Å². The van der Waals surface area contributed by atoms with Gasteiger partial charge in [-0.05, 0) is 37.6 Å². The first kappa shape index (κ1) is 10.5. The molecule has 0 amide bonds. The van der Waals surface area contributed by atoms with Gasteiger partial charge in [0.25, 0.3) is 5.89 Å². The van der Waals surface area contributed by atoms with Gasteiger partial charge >= 0.3 is 0 Å². The van der Waals surface area contributed by atoms with E-state index < -0.39 is 0 Å². The number of hydrogen-bond acceptors (Lipinski definition) is 4. The zero-order valence-electron chi connectivity index (χ0n) is 9.81. The van der Waals surface area contributed by atoms with Gasteiger partial charge in [0, 0.05) is 12.0 Å². The van der Waals surface area contributed by atoms with Crippen LogP contribution in [0.3, 0.4) is 0 Å². The summed E-state index contributed by atoms with van der Waals surface area (Å²) in [6, 6.07) is 8.06. The number of rotatable bonds is 3. The molecule has 0 aliphatic carbocycles. The van der Waals surface area contributed by atoms with Crippen molar-refractivity contribution in [3.05, 3.63) is 35.7 Å². The number of aryl methyl sites for hydroxylation is 1. The molecule has 0 atom stereocenters. The first-order valence-corrected chi connectivity index (χ1v) is 5.92. The Morgan fingerprint density at radius 3 is 2.88 bits per heavy atom. The van der Waals surface area contributed by atoms with Crippen LogP contribution in [0.15, 0.2) is 28.8 Å². The molecule has 0 radical (unpaired) electrons. The van der Waals surface area contributed by atoms with E-state index >= 15 is 0 Å². The fourth-order valence-corrected chi connectivity index (χ4v) is 2.01. The second-order valence-corrected chi connectivity index (χ2v) is 4.56. The fourth-order valence-electron chi connectivity index (χ4n) is 2.01. The van der Waals surface area contributed by atoms with E-state index in [0.29, 0.717) is 11.8 Å². The Labute approximate surface area is 100 Å². The Morgan fingerprint density at radius 2 is 2.18 bits per heavy atom. The van der Waals surface area contributed by atoms with E-state index in [-0.39, 0.29) is 0 Å². The average molecular weight is 229 g/mol. The van der Waals surface area contributed by atoms with Crippen molar-refractivity contribution in [1.29, 1.82) is 0 Å². The average Bonchev–Trinajstić information content (AvgIpc) is 2.73. The lowest BCUT2D eigenvalue weighted by Gasteiger charge is -2.25. The summed E-state index contributed by atoms with van der Waals surface area (Å²) in [6.07, 6.45) is 0.905. The first-order valence-electron chi connectivity index (χ1n) is 5.92. The quantitative estimate of drug-likeness (QED) is 0.872. The van der Waals surface area contributed by atoms with E-state index in [1.165, 1.54) is 0 Å². The monoisotopic (exact) mass is 229 g/mol. The number of hydrogen-bond donors (Lipinski definition) is 1. The predicted octanol–water partition coefficient (Wildman–Crippen LogP) is 1.81. The number of aromatic nitrogens is 2. The largest absolute Gasteiger partial charge is 0.334 e. The molecule has 17 heavy (non-hydrogen) atoms. The number of benzene rings is 1. The molecule has 1 saturated heterocycles. The maximum atomic E-state index is 5.32. The van der Waals surface area contributed by atoms with Gasteiger partial charge in [0.15, 0.2) is 5.82 Å². The molecule has 2 aromatic rings. The lowest BCUT2D eigenvalue weighted by atomic mass is 9.99. The van der Waals surface area contributed by atoms with Gasteiger partial charge in [-0.15, -0.1) is 0 Å². The van der Waals surface area contributed by atoms with Crippen LogP contribution in [0, 0.1) is 12.8 Å². The molecule has 0 spiro atoms. The standard InChI is InChI=1S/C13H15N3O/c1-9-4-2-3-5-11(9)13-15-12(16-17-13)6-10-7-14-8-10/h2-5,10,14H,6-8H2,1H3. The second kappa shape index (κ2) is 4.30. The van der Waals surface area contributed by atoms with Crippen molar-refractivity contribution >= 4 is 0 Å². The highest BCUT2D eigenvalue weighted by molar-refractivity contribution is 5.57. The Balaban J connectivity index is 1.82. The van der Waals surface area contributed by atoms with Crippen LogP contribution < -0.4 is 5.32 Å². The summed E-state index contributed by atoms with van der Waals surface area (Å²) < 4.78 is 5.32. The molecule has 2 heterocycles. The molecule has 0 unspecified atom stereocenters. The molecule has 4 heteroatoms. The van der Waals surface area contributed by atoms with E-state index in [0.717, 1.165) is 36.5 Å². The SMILES string of the molecule is Cc1ccccc1-c1nc(CC2CNC2)no1. The molecule has 1 aromatic carbocycles. The van der Waals surface area contributed by atoms with Crippen molar-refractivity contribution in [3.8, 4) is 11.5 Å². The molecule has 0 saturated carbocycles. The highest BCUT2D eigenvalue weighted by atomic mass is 16.5.